The van der Waals surface area contributed by atoms with Crippen LogP contribution < -0.4 is 49.3 Å². The lowest BCUT2D eigenvalue weighted by atomic mass is 9.81. The number of rotatable bonds is 11. The standard InChI is InChI=1S/C27H29N3O3.C27H25N3O2.C22H25ClN2O3.C22H21N3O.C5H6BNO2.C5H4O2.CH2Cl2.CH4/c1-27(2,3)33-26(31)29-16-12-21(13-17-29)30-22-6-4-5-7-24(22)32-25-18-20(8-9-23(25)30)19-10-14-28-15-11-19;1-2-4-26-24(3-1)30(23-9-14-29(15-10-23)18-20-11-16-31-19-20)25-6-5-22(17-27(25)32-26)21-7-12-28-13-8-21;1-22(2,3)28-21(26)24-12-10-16(11-13-24)25-17-6-4-5-7-19(17)27-20-14-15(23)8-9-18(20)25;1-2-4-21-19(3-1)25(18-9-13-24-14-10-18)20-6-5-17(15-22(20)26-21)16-7-11-23-12-8-16;8-6(9)5-1-3-7-4-2-5;6-3-5-1-2-7-4-5;2-1-3;/h4-11,14-15,18,21H,12-13,16-17H2,1-3H3;1-8,11-13,16-17,19,23H,9-10,14-15,18H2;4-9,14,16H,10-13H2,1-3H3;1-8,11-12,15,18,24H,9-10,13-14H2;1-4,8-9H;1-4H;1H2;1H4. The zero-order valence-corrected chi connectivity index (χ0v) is 80.3. The van der Waals surface area contributed by atoms with Gasteiger partial charge in [-0.25, -0.2) is 9.59 Å². The van der Waals surface area contributed by atoms with Crippen LogP contribution in [0, 0.1) is 0 Å². The van der Waals surface area contributed by atoms with Gasteiger partial charge < -0.3 is 82.0 Å². The average Bonchev–Trinajstić information content (AvgIpc) is 0.929. The maximum atomic E-state index is 12.5. The van der Waals surface area contributed by atoms with E-state index >= 15 is 0 Å². The number of carbonyl (C=O) groups excluding carboxylic acids is 3. The van der Waals surface area contributed by atoms with E-state index in [-0.39, 0.29) is 37.0 Å². The SMILES string of the molecule is C.CC(C)(C)OC(=O)N1CCC(N2c3ccccc3Oc3cc(-c4ccncc4)ccc32)CC1.CC(C)(C)OC(=O)N1CCC(N2c3ccccc3Oc3cc(Cl)ccc32)CC1.ClCCl.O=Cc1ccoc1.OB(O)c1ccncc1.c1ccc2c(c1)Oc1cc(-c3ccncc3)ccc1N2C1CCN(Cc2ccoc2)CC1.c1ccc2c(c1)Oc1cc(-c3ccncc3)ccc1N2C1CCNCC1. The van der Waals surface area contributed by atoms with Crippen molar-refractivity contribution in [1.29, 1.82) is 0 Å². The summed E-state index contributed by atoms with van der Waals surface area (Å²) in [6.45, 7) is 19.3. The molecule has 25 nitrogen and oxygen atoms in total. The molecule has 139 heavy (non-hydrogen) atoms. The number of fused-ring (bicyclic) bond motifs is 8. The minimum absolute atomic E-state index is 0. The molecule has 8 aromatic carbocycles. The first-order valence-corrected chi connectivity index (χ1v) is 48.0. The van der Waals surface area contributed by atoms with Gasteiger partial charge >= 0.3 is 19.3 Å². The molecule has 0 bridgehead atoms. The summed E-state index contributed by atoms with van der Waals surface area (Å²) in [7, 11) is -1.38. The minimum Gasteiger partial charge on any atom is -0.472 e. The van der Waals surface area contributed by atoms with E-state index in [9.17, 15) is 14.4 Å². The number of carbonyl (C=O) groups is 3. The third-order valence-corrected chi connectivity index (χ3v) is 24.7. The number of amides is 2. The normalized spacial score (nSPS) is 15.2. The number of benzene rings is 8. The van der Waals surface area contributed by atoms with Crippen LogP contribution in [0.4, 0.5) is 55.1 Å². The highest BCUT2D eigenvalue weighted by Crippen LogP contribution is 2.55. The summed E-state index contributed by atoms with van der Waals surface area (Å²) in [5, 5.41) is 21.4. The predicted octanol–water partition coefficient (Wildman–Crippen LogP) is 25.3. The number of anilines is 8. The van der Waals surface area contributed by atoms with E-state index in [1.807, 2.05) is 181 Å². The van der Waals surface area contributed by atoms with Crippen LogP contribution >= 0.6 is 34.8 Å². The molecular formula is C110H116BCl3N12O13. The fourth-order valence-corrected chi connectivity index (χ4v) is 18.2. The summed E-state index contributed by atoms with van der Waals surface area (Å²) in [4.78, 5) is 66.6. The number of likely N-dealkylation sites (tertiary alicyclic amines) is 3. The minimum atomic E-state index is -1.38. The van der Waals surface area contributed by atoms with Crippen molar-refractivity contribution in [3.8, 4) is 79.4 Å². The molecule has 6 aromatic heterocycles. The molecule has 718 valence electrons. The third kappa shape index (κ3) is 25.4. The molecule has 4 fully saturated rings. The molecule has 0 aliphatic carbocycles. The zero-order chi connectivity index (χ0) is 96.1. The number of piperidine rings is 4. The number of halogens is 3. The van der Waals surface area contributed by atoms with E-state index in [1.54, 1.807) is 41.8 Å². The average molecular weight is 1930 g/mol. The molecule has 0 spiro atoms. The van der Waals surface area contributed by atoms with Crippen molar-refractivity contribution in [2.75, 3.05) is 77.3 Å². The Bertz CT molecular complexity index is 6320. The van der Waals surface area contributed by atoms with Crippen LogP contribution in [-0.2, 0) is 16.0 Å². The Morgan fingerprint density at radius 2 is 0.719 bits per heavy atom. The molecule has 8 aliphatic heterocycles. The second-order valence-electron chi connectivity index (χ2n) is 36.1. The highest BCUT2D eigenvalue weighted by Gasteiger charge is 2.40. The number of hydrogen-bond acceptors (Lipinski definition) is 23. The van der Waals surface area contributed by atoms with Crippen LogP contribution in [0.5, 0.6) is 46.0 Å². The van der Waals surface area contributed by atoms with E-state index in [0.29, 0.717) is 54.3 Å². The van der Waals surface area contributed by atoms with Gasteiger partial charge in [-0.3, -0.25) is 29.6 Å². The molecule has 4 saturated heterocycles. The lowest BCUT2D eigenvalue weighted by Crippen LogP contribution is -2.47. The molecule has 14 heterocycles. The quantitative estimate of drug-likeness (QED) is 0.0617. The molecule has 0 unspecified atom stereocenters. The number of pyridine rings is 4. The van der Waals surface area contributed by atoms with Crippen LogP contribution in [0.25, 0.3) is 33.4 Å². The van der Waals surface area contributed by atoms with E-state index in [1.165, 1.54) is 36.2 Å². The second kappa shape index (κ2) is 47.1. The lowest BCUT2D eigenvalue weighted by Gasteiger charge is -2.42. The topological polar surface area (TPSA) is 260 Å². The molecule has 29 heteroatoms. The number of para-hydroxylation sites is 8. The van der Waals surface area contributed by atoms with Gasteiger partial charge in [0, 0.05) is 136 Å². The van der Waals surface area contributed by atoms with Gasteiger partial charge in [0.15, 0.2) is 52.3 Å². The summed E-state index contributed by atoms with van der Waals surface area (Å²) in [6.07, 6.45) is 28.6. The first kappa shape index (κ1) is 99.8. The monoisotopic (exact) mass is 1930 g/mol. The smallest absolute Gasteiger partial charge is 0.472 e. The maximum Gasteiger partial charge on any atom is 0.488 e. The van der Waals surface area contributed by atoms with Crippen molar-refractivity contribution < 1.29 is 61.7 Å². The fraction of sp³-hybridized carbons (Fsp3) is 0.282. The largest absolute Gasteiger partial charge is 0.488 e. The van der Waals surface area contributed by atoms with Crippen LogP contribution in [0.15, 0.2) is 314 Å². The van der Waals surface area contributed by atoms with Gasteiger partial charge in [0.1, 0.15) is 17.5 Å². The number of aromatic nitrogens is 4. The summed E-state index contributed by atoms with van der Waals surface area (Å²) in [6, 6.07) is 78.5. The van der Waals surface area contributed by atoms with Gasteiger partial charge in [-0.05, 0) is 303 Å². The molecule has 2 amide bonds. The van der Waals surface area contributed by atoms with Crippen LogP contribution in [0.1, 0.15) is 116 Å². The van der Waals surface area contributed by atoms with Gasteiger partial charge in [-0.15, -0.1) is 23.2 Å². The molecule has 0 atom stereocenters. The van der Waals surface area contributed by atoms with E-state index in [0.717, 1.165) is 210 Å². The van der Waals surface area contributed by atoms with Crippen molar-refractivity contribution in [1.82, 2.24) is 40.0 Å². The maximum absolute atomic E-state index is 12.5. The van der Waals surface area contributed by atoms with Crippen molar-refractivity contribution in [2.45, 2.75) is 142 Å². The van der Waals surface area contributed by atoms with Crippen LogP contribution in [-0.4, -0.2) is 163 Å². The first-order valence-electron chi connectivity index (χ1n) is 46.5. The Morgan fingerprint density at radius 1 is 0.403 bits per heavy atom. The van der Waals surface area contributed by atoms with Crippen LogP contribution in [0.2, 0.25) is 5.02 Å². The van der Waals surface area contributed by atoms with Crippen LogP contribution in [0.3, 0.4) is 0 Å². The number of alkyl halides is 2. The van der Waals surface area contributed by atoms with E-state index in [4.69, 9.17) is 77.7 Å². The molecule has 22 rings (SSSR count). The third-order valence-electron chi connectivity index (χ3n) is 24.5. The van der Waals surface area contributed by atoms with E-state index in [2.05, 4.69) is 163 Å². The lowest BCUT2D eigenvalue weighted by molar-refractivity contribution is 0.0196. The Balaban J connectivity index is 0.000000132. The number of ether oxygens (including phenoxy) is 6. The summed E-state index contributed by atoms with van der Waals surface area (Å²) < 4.78 is 46.0. The fourth-order valence-electron chi connectivity index (χ4n) is 18.0. The number of furan rings is 2. The van der Waals surface area contributed by atoms with Crippen molar-refractivity contribution in [2.24, 2.45) is 0 Å². The van der Waals surface area contributed by atoms with Gasteiger partial charge in [-0.1, -0.05) is 85.8 Å². The highest BCUT2D eigenvalue weighted by atomic mass is 35.5. The Hall–Kier alpha value is -13.7. The Labute approximate surface area is 827 Å². The van der Waals surface area contributed by atoms with Gasteiger partial charge in [0.05, 0.1) is 75.2 Å². The number of hydrogen-bond donors (Lipinski definition) is 3. The van der Waals surface area contributed by atoms with Gasteiger partial charge in [0.25, 0.3) is 0 Å². The molecule has 0 saturated carbocycles. The molecule has 8 aliphatic rings. The zero-order valence-electron chi connectivity index (χ0n) is 78.0. The molecular weight excluding hydrogens is 1810 g/mol. The summed E-state index contributed by atoms with van der Waals surface area (Å²) >= 11 is 15.7. The molecule has 3 N–H and O–H groups in total. The van der Waals surface area contributed by atoms with E-state index < -0.39 is 18.3 Å². The summed E-state index contributed by atoms with van der Waals surface area (Å²) in [5.74, 6) is 6.99. The Morgan fingerprint density at radius 3 is 1.04 bits per heavy atom. The Kier molecular flexibility index (Phi) is 33.8. The first-order chi connectivity index (χ1) is 67.1. The number of nitrogens with zero attached hydrogens (tertiary/aromatic N) is 11. The summed E-state index contributed by atoms with van der Waals surface area (Å²) in [5.41, 5.74) is 16.9. The molecule has 14 aromatic rings. The highest BCUT2D eigenvalue weighted by molar-refractivity contribution is 6.58. The number of nitrogens with one attached hydrogen (secondary N) is 1. The molecule has 0 radical (unpaired) electrons. The number of aldehydes is 1. The van der Waals surface area contributed by atoms with Gasteiger partial charge in [0.2, 0.25) is 0 Å². The predicted molar refractivity (Wildman–Crippen MR) is 551 cm³/mol. The van der Waals surface area contributed by atoms with Crippen molar-refractivity contribution >= 4 is 111 Å². The second-order valence-corrected chi connectivity index (χ2v) is 37.3. The van der Waals surface area contributed by atoms with Crippen molar-refractivity contribution in [3.05, 3.63) is 321 Å². The van der Waals surface area contributed by atoms with Gasteiger partial charge in [-0.2, -0.15) is 0 Å². The van der Waals surface area contributed by atoms with Crippen molar-refractivity contribution in [3.63, 3.8) is 0 Å².